The first kappa shape index (κ1) is 17.2. The topological polar surface area (TPSA) is 58.6 Å². The van der Waals surface area contributed by atoms with Gasteiger partial charge in [-0.25, -0.2) is 4.39 Å². The number of aliphatic hydroxyl groups is 1. The van der Waals surface area contributed by atoms with Crippen LogP contribution in [0.15, 0.2) is 18.2 Å². The average molecular weight is 293 g/mol. The lowest BCUT2D eigenvalue weighted by molar-refractivity contribution is 0.0930. The molecule has 1 aromatic carbocycles. The van der Waals surface area contributed by atoms with Gasteiger partial charge in [-0.1, -0.05) is 18.8 Å². The number of halogens is 1. The van der Waals surface area contributed by atoms with E-state index in [0.29, 0.717) is 25.1 Å². The number of benzene rings is 1. The van der Waals surface area contributed by atoms with Crippen LogP contribution in [0, 0.1) is 23.6 Å². The monoisotopic (exact) mass is 293 g/mol. The van der Waals surface area contributed by atoms with E-state index in [9.17, 15) is 9.18 Å². The summed E-state index contributed by atoms with van der Waals surface area (Å²) in [5.41, 5.74) is 0.470. The van der Waals surface area contributed by atoms with Crippen molar-refractivity contribution >= 4 is 5.91 Å². The second kappa shape index (κ2) is 9.11. The molecule has 0 radical (unpaired) electrons. The Balaban J connectivity index is 2.67. The third kappa shape index (κ3) is 5.94. The molecule has 5 heteroatoms. The summed E-state index contributed by atoms with van der Waals surface area (Å²) in [7, 11) is 1.59. The summed E-state index contributed by atoms with van der Waals surface area (Å²) in [6.45, 7) is 2.85. The molecule has 0 aromatic heterocycles. The first-order valence-electron chi connectivity index (χ1n) is 6.75. The SMILES string of the molecule is COCC(C)CNC(=O)c1ccc(C#CCCO)cc1F. The Bertz CT molecular complexity index is 534. The Morgan fingerprint density at radius 3 is 2.90 bits per heavy atom. The fraction of sp³-hybridized carbons (Fsp3) is 0.438. The normalized spacial score (nSPS) is 11.4. The van der Waals surface area contributed by atoms with Gasteiger partial charge in [0.1, 0.15) is 5.82 Å². The number of carbonyl (C=O) groups excluding carboxylic acids is 1. The number of rotatable bonds is 6. The van der Waals surface area contributed by atoms with Gasteiger partial charge in [-0.05, 0) is 24.1 Å². The molecule has 0 saturated carbocycles. The predicted octanol–water partition coefficient (Wildman–Crippen LogP) is 1.57. The molecular formula is C16H20FNO3. The van der Waals surface area contributed by atoms with Gasteiger partial charge in [0.15, 0.2) is 0 Å². The standard InChI is InChI=1S/C16H20FNO3/c1-12(11-21-2)10-18-16(20)14-7-6-13(9-15(14)17)5-3-4-8-19/h6-7,9,12,19H,4,8,10-11H2,1-2H3,(H,18,20). The highest BCUT2D eigenvalue weighted by Gasteiger charge is 2.12. The molecule has 21 heavy (non-hydrogen) atoms. The van der Waals surface area contributed by atoms with Crippen molar-refractivity contribution in [3.63, 3.8) is 0 Å². The molecule has 1 amide bonds. The molecule has 114 valence electrons. The lowest BCUT2D eigenvalue weighted by atomic mass is 10.1. The third-order valence-electron chi connectivity index (χ3n) is 2.75. The van der Waals surface area contributed by atoms with Gasteiger partial charge in [0.2, 0.25) is 0 Å². The Labute approximate surface area is 124 Å². The first-order chi connectivity index (χ1) is 10.1. The number of amides is 1. The molecule has 1 aromatic rings. The molecule has 0 aliphatic heterocycles. The van der Waals surface area contributed by atoms with Crippen molar-refractivity contribution in [1.29, 1.82) is 0 Å². The van der Waals surface area contributed by atoms with Crippen molar-refractivity contribution < 1.29 is 19.0 Å². The highest BCUT2D eigenvalue weighted by atomic mass is 19.1. The summed E-state index contributed by atoms with van der Waals surface area (Å²) >= 11 is 0. The summed E-state index contributed by atoms with van der Waals surface area (Å²) in [6.07, 6.45) is 0.335. The summed E-state index contributed by atoms with van der Waals surface area (Å²) in [4.78, 5) is 11.9. The highest BCUT2D eigenvalue weighted by Crippen LogP contribution is 2.10. The lowest BCUT2D eigenvalue weighted by Gasteiger charge is -2.11. The molecule has 1 unspecified atom stereocenters. The van der Waals surface area contributed by atoms with E-state index < -0.39 is 11.7 Å². The summed E-state index contributed by atoms with van der Waals surface area (Å²) in [5.74, 6) is 4.52. The molecule has 0 aliphatic rings. The van der Waals surface area contributed by atoms with Gasteiger partial charge in [0, 0.05) is 25.6 Å². The second-order valence-corrected chi connectivity index (χ2v) is 4.74. The fourth-order valence-electron chi connectivity index (χ4n) is 1.70. The molecule has 0 bridgehead atoms. The number of carbonyl (C=O) groups is 1. The minimum atomic E-state index is -0.609. The van der Waals surface area contributed by atoms with Crippen LogP contribution in [-0.2, 0) is 4.74 Å². The largest absolute Gasteiger partial charge is 0.395 e. The maximum absolute atomic E-state index is 13.9. The van der Waals surface area contributed by atoms with Crippen LogP contribution in [-0.4, -0.2) is 37.9 Å². The molecule has 1 atom stereocenters. The number of aliphatic hydroxyl groups excluding tert-OH is 1. The van der Waals surface area contributed by atoms with E-state index in [1.54, 1.807) is 13.2 Å². The fourth-order valence-corrected chi connectivity index (χ4v) is 1.70. The van der Waals surface area contributed by atoms with Gasteiger partial charge in [-0.3, -0.25) is 4.79 Å². The van der Waals surface area contributed by atoms with Gasteiger partial charge < -0.3 is 15.2 Å². The molecule has 0 saturated heterocycles. The Morgan fingerprint density at radius 1 is 1.52 bits per heavy atom. The van der Waals surface area contributed by atoms with Crippen LogP contribution in [0.25, 0.3) is 0 Å². The van der Waals surface area contributed by atoms with E-state index in [1.807, 2.05) is 6.92 Å². The van der Waals surface area contributed by atoms with E-state index in [2.05, 4.69) is 17.2 Å². The van der Waals surface area contributed by atoms with Gasteiger partial charge >= 0.3 is 0 Å². The zero-order valence-electron chi connectivity index (χ0n) is 12.3. The lowest BCUT2D eigenvalue weighted by Crippen LogP contribution is -2.30. The van der Waals surface area contributed by atoms with Crippen LogP contribution in [0.5, 0.6) is 0 Å². The first-order valence-corrected chi connectivity index (χ1v) is 6.75. The van der Waals surface area contributed by atoms with E-state index in [1.165, 1.54) is 12.1 Å². The van der Waals surface area contributed by atoms with E-state index in [4.69, 9.17) is 9.84 Å². The van der Waals surface area contributed by atoms with Crippen molar-refractivity contribution in [2.45, 2.75) is 13.3 Å². The quantitative estimate of drug-likeness (QED) is 0.783. The van der Waals surface area contributed by atoms with Crippen LogP contribution >= 0.6 is 0 Å². The van der Waals surface area contributed by atoms with Crippen molar-refractivity contribution in [3.8, 4) is 11.8 Å². The zero-order valence-corrected chi connectivity index (χ0v) is 12.3. The van der Waals surface area contributed by atoms with Crippen molar-refractivity contribution in [1.82, 2.24) is 5.32 Å². The molecule has 4 nitrogen and oxygen atoms in total. The molecule has 0 fully saturated rings. The molecular weight excluding hydrogens is 273 g/mol. The number of ether oxygens (including phenoxy) is 1. The van der Waals surface area contributed by atoms with Crippen LogP contribution in [0.3, 0.4) is 0 Å². The molecule has 0 aliphatic carbocycles. The Hall–Kier alpha value is -1.90. The number of methoxy groups -OCH3 is 1. The molecule has 0 heterocycles. The summed E-state index contributed by atoms with van der Waals surface area (Å²) < 4.78 is 18.8. The maximum atomic E-state index is 13.9. The molecule has 1 rings (SSSR count). The van der Waals surface area contributed by atoms with Crippen LogP contribution in [0.2, 0.25) is 0 Å². The van der Waals surface area contributed by atoms with Crippen molar-refractivity contribution in [2.24, 2.45) is 5.92 Å². The van der Waals surface area contributed by atoms with Gasteiger partial charge in [0.05, 0.1) is 18.8 Å². The average Bonchev–Trinajstić information content (AvgIpc) is 2.45. The number of hydrogen-bond acceptors (Lipinski definition) is 3. The second-order valence-electron chi connectivity index (χ2n) is 4.74. The van der Waals surface area contributed by atoms with Gasteiger partial charge in [-0.15, -0.1) is 0 Å². The van der Waals surface area contributed by atoms with Crippen LogP contribution in [0.1, 0.15) is 29.3 Å². The smallest absolute Gasteiger partial charge is 0.254 e. The van der Waals surface area contributed by atoms with Crippen LogP contribution in [0.4, 0.5) is 4.39 Å². The molecule has 2 N–H and O–H groups in total. The van der Waals surface area contributed by atoms with Crippen molar-refractivity contribution in [3.05, 3.63) is 35.1 Å². The zero-order chi connectivity index (χ0) is 15.7. The minimum absolute atomic E-state index is 0.00711. The number of nitrogens with one attached hydrogen (secondary N) is 1. The Morgan fingerprint density at radius 2 is 2.29 bits per heavy atom. The molecule has 0 spiro atoms. The number of hydrogen-bond donors (Lipinski definition) is 2. The third-order valence-corrected chi connectivity index (χ3v) is 2.75. The van der Waals surface area contributed by atoms with Crippen molar-refractivity contribution in [2.75, 3.05) is 26.9 Å². The highest BCUT2D eigenvalue weighted by molar-refractivity contribution is 5.94. The summed E-state index contributed by atoms with van der Waals surface area (Å²) in [6, 6.07) is 4.22. The Kier molecular flexibility index (Phi) is 7.44. The van der Waals surface area contributed by atoms with Gasteiger partial charge in [0.25, 0.3) is 5.91 Å². The van der Waals surface area contributed by atoms with E-state index >= 15 is 0 Å². The van der Waals surface area contributed by atoms with Gasteiger partial charge in [-0.2, -0.15) is 0 Å². The van der Waals surface area contributed by atoms with E-state index in [0.717, 1.165) is 0 Å². The minimum Gasteiger partial charge on any atom is -0.395 e. The summed E-state index contributed by atoms with van der Waals surface area (Å²) in [5, 5.41) is 11.3. The maximum Gasteiger partial charge on any atom is 0.254 e. The van der Waals surface area contributed by atoms with E-state index in [-0.39, 0.29) is 18.1 Å². The van der Waals surface area contributed by atoms with Crippen LogP contribution < -0.4 is 5.32 Å². The predicted molar refractivity (Wildman–Crippen MR) is 78.4 cm³/mol.